The number of nitriles is 1. The molecular formula is C30H28Cl2F5N5O5. The van der Waals surface area contributed by atoms with Gasteiger partial charge in [-0.15, -0.1) is 0 Å². The van der Waals surface area contributed by atoms with Crippen molar-refractivity contribution in [3.05, 3.63) is 81.1 Å². The molecule has 0 bridgehead atoms. The Labute approximate surface area is 275 Å². The molecule has 4 rings (SSSR count). The number of aromatic carboxylic acids is 1. The van der Waals surface area contributed by atoms with Crippen molar-refractivity contribution in [3.8, 4) is 6.07 Å². The molecule has 1 saturated heterocycles. The molecule has 4 atom stereocenters. The summed E-state index contributed by atoms with van der Waals surface area (Å²) in [4.78, 5) is 42.2. The summed E-state index contributed by atoms with van der Waals surface area (Å²) in [5.74, 6) is -7.75. The van der Waals surface area contributed by atoms with Crippen molar-refractivity contribution in [3.63, 3.8) is 0 Å². The van der Waals surface area contributed by atoms with Crippen molar-refractivity contribution in [2.24, 2.45) is 5.41 Å². The summed E-state index contributed by atoms with van der Waals surface area (Å²) in [7, 11) is 1.62. The molecule has 1 aliphatic rings. The van der Waals surface area contributed by atoms with Gasteiger partial charge in [0.15, 0.2) is 0 Å². The third kappa shape index (κ3) is 7.83. The van der Waals surface area contributed by atoms with Crippen molar-refractivity contribution >= 4 is 47.0 Å². The highest BCUT2D eigenvalue weighted by Crippen LogP contribution is 2.56. The fourth-order valence-corrected chi connectivity index (χ4v) is 6.00. The van der Waals surface area contributed by atoms with E-state index in [2.05, 4.69) is 21.4 Å². The Balaban J connectivity index is 0.000000771. The van der Waals surface area contributed by atoms with E-state index in [0.29, 0.717) is 6.42 Å². The molecule has 0 aliphatic carbocycles. The lowest BCUT2D eigenvalue weighted by Gasteiger charge is -2.38. The van der Waals surface area contributed by atoms with Crippen LogP contribution in [0.1, 0.15) is 54.7 Å². The predicted molar refractivity (Wildman–Crippen MR) is 160 cm³/mol. The fourth-order valence-electron chi connectivity index (χ4n) is 5.66. The number of aliphatic carboxylic acids is 1. The average Bonchev–Trinajstić information content (AvgIpc) is 3.51. The second-order valence-corrected chi connectivity index (χ2v) is 12.7. The molecule has 3 aromatic rings. The number of rotatable bonds is 6. The van der Waals surface area contributed by atoms with Gasteiger partial charge in [-0.25, -0.2) is 23.4 Å². The standard InChI is InChI=1S/C28H27Cl2F2N5O3.C2HF3O2/c1-27(2,3)11-20-28(13-33,16-9-8-14(29)10-18(16)31)21(15-6-5-7-17(30)22(15)32)23(37(20)4)24(38)36-26-34-12-19(35-26)25(39)40;3-2(4,5)1(6)7/h5-10,12,20-21,23H,11H2,1-4H3,(H,39,40)(H2,34,35,36,38);(H,6,7)/t20-,21-,23+,28-;/m0./s1. The number of amides is 1. The lowest BCUT2D eigenvalue weighted by molar-refractivity contribution is -0.192. The number of likely N-dealkylation sites (N-methyl/N-ethyl adjacent to an activating group) is 1. The highest BCUT2D eigenvalue weighted by atomic mass is 35.5. The number of carboxylic acids is 2. The number of anilines is 1. The minimum absolute atomic E-state index is 0.0358. The molecule has 10 nitrogen and oxygen atoms in total. The summed E-state index contributed by atoms with van der Waals surface area (Å²) in [5.41, 5.74) is -2.51. The lowest BCUT2D eigenvalue weighted by Crippen LogP contribution is -2.45. The van der Waals surface area contributed by atoms with Gasteiger partial charge in [0.2, 0.25) is 11.9 Å². The monoisotopic (exact) mass is 703 g/mol. The summed E-state index contributed by atoms with van der Waals surface area (Å²) >= 11 is 12.2. The minimum atomic E-state index is -5.08. The number of aromatic amines is 1. The van der Waals surface area contributed by atoms with Gasteiger partial charge in [-0.1, -0.05) is 62.2 Å². The Morgan fingerprint density at radius 2 is 1.74 bits per heavy atom. The van der Waals surface area contributed by atoms with E-state index in [0.717, 1.165) is 12.3 Å². The third-order valence-corrected chi connectivity index (χ3v) is 8.03. The molecule has 1 aliphatic heterocycles. The van der Waals surface area contributed by atoms with Crippen LogP contribution in [0, 0.1) is 28.4 Å². The quantitative estimate of drug-likeness (QED) is 0.208. The predicted octanol–water partition coefficient (Wildman–Crippen LogP) is 6.63. The van der Waals surface area contributed by atoms with E-state index in [1.54, 1.807) is 11.9 Å². The number of hydrogen-bond donors (Lipinski definition) is 4. The zero-order valence-electron chi connectivity index (χ0n) is 25.1. The Morgan fingerprint density at radius 1 is 1.13 bits per heavy atom. The number of imidazole rings is 1. The van der Waals surface area contributed by atoms with E-state index in [4.69, 9.17) is 33.1 Å². The first kappa shape index (κ1) is 37.2. The van der Waals surface area contributed by atoms with Crippen LogP contribution in [-0.4, -0.2) is 68.2 Å². The second kappa shape index (κ2) is 13.8. The van der Waals surface area contributed by atoms with Gasteiger partial charge in [-0.3, -0.25) is 15.0 Å². The van der Waals surface area contributed by atoms with E-state index in [9.17, 15) is 33.1 Å². The van der Waals surface area contributed by atoms with E-state index >= 15 is 8.78 Å². The second-order valence-electron chi connectivity index (χ2n) is 11.9. The molecule has 0 saturated carbocycles. The molecule has 1 amide bonds. The molecule has 1 fully saturated rings. The maximum absolute atomic E-state index is 15.8. The number of aromatic nitrogens is 2. The van der Waals surface area contributed by atoms with Crippen LogP contribution in [0.15, 0.2) is 42.6 Å². The summed E-state index contributed by atoms with van der Waals surface area (Å²) in [5, 5.41) is 29.7. The third-order valence-electron chi connectivity index (χ3n) is 7.51. The van der Waals surface area contributed by atoms with Gasteiger partial charge in [-0.2, -0.15) is 18.4 Å². The number of alkyl halides is 3. The zero-order chi connectivity index (χ0) is 35.6. The summed E-state index contributed by atoms with van der Waals surface area (Å²) < 4.78 is 63.3. The molecule has 2 aromatic carbocycles. The number of carbonyl (C=O) groups is 3. The first-order valence-electron chi connectivity index (χ1n) is 13.6. The lowest BCUT2D eigenvalue weighted by atomic mass is 9.62. The van der Waals surface area contributed by atoms with Crippen LogP contribution in [-0.2, 0) is 15.0 Å². The molecule has 17 heteroatoms. The fraction of sp³-hybridized carbons (Fsp3) is 0.367. The van der Waals surface area contributed by atoms with Gasteiger partial charge in [0.25, 0.3) is 0 Å². The molecule has 4 N–H and O–H groups in total. The smallest absolute Gasteiger partial charge is 0.477 e. The number of hydrogen-bond acceptors (Lipinski definition) is 6. The Kier molecular flexibility index (Phi) is 11.0. The van der Waals surface area contributed by atoms with Crippen molar-refractivity contribution in [1.29, 1.82) is 5.26 Å². The highest BCUT2D eigenvalue weighted by molar-refractivity contribution is 6.31. The van der Waals surface area contributed by atoms with Gasteiger partial charge >= 0.3 is 18.1 Å². The molecule has 0 unspecified atom stereocenters. The topological polar surface area (TPSA) is 159 Å². The first-order chi connectivity index (χ1) is 21.6. The van der Waals surface area contributed by atoms with Gasteiger partial charge in [0, 0.05) is 22.5 Å². The van der Waals surface area contributed by atoms with E-state index in [1.165, 1.54) is 30.3 Å². The van der Waals surface area contributed by atoms with Crippen molar-refractivity contribution in [1.82, 2.24) is 14.9 Å². The molecule has 0 radical (unpaired) electrons. The van der Waals surface area contributed by atoms with Gasteiger partial charge in [0.05, 0.1) is 23.3 Å². The molecule has 252 valence electrons. The maximum Gasteiger partial charge on any atom is 0.490 e. The summed E-state index contributed by atoms with van der Waals surface area (Å²) in [6, 6.07) is 8.49. The van der Waals surface area contributed by atoms with E-state index in [1.807, 2.05) is 20.8 Å². The van der Waals surface area contributed by atoms with Gasteiger partial charge in [0.1, 0.15) is 22.7 Å². The van der Waals surface area contributed by atoms with Gasteiger partial charge in [-0.05, 0) is 42.6 Å². The normalized spacial score (nSPS) is 21.4. The molecular weight excluding hydrogens is 676 g/mol. The Hall–Kier alpha value is -4.26. The molecule has 47 heavy (non-hydrogen) atoms. The number of nitrogens with one attached hydrogen (secondary N) is 2. The van der Waals surface area contributed by atoms with Crippen LogP contribution in [0.3, 0.4) is 0 Å². The van der Waals surface area contributed by atoms with Crippen LogP contribution < -0.4 is 5.32 Å². The van der Waals surface area contributed by atoms with Crippen molar-refractivity contribution in [2.45, 2.75) is 56.8 Å². The Morgan fingerprint density at radius 3 is 2.23 bits per heavy atom. The van der Waals surface area contributed by atoms with Crippen LogP contribution in [0.5, 0.6) is 0 Å². The first-order valence-corrected chi connectivity index (χ1v) is 14.3. The van der Waals surface area contributed by atoms with Crippen LogP contribution in [0.25, 0.3) is 0 Å². The van der Waals surface area contributed by atoms with Crippen LogP contribution >= 0.6 is 23.2 Å². The molecule has 0 spiro atoms. The van der Waals surface area contributed by atoms with Crippen molar-refractivity contribution < 1.29 is 46.5 Å². The SMILES string of the molecule is CN1[C@@H](CC(C)(C)C)[C@](C#N)(c2ccc(Cl)cc2F)[C@@H](c2cccc(Cl)c2F)[C@@H]1C(=O)Nc1ncc(C(=O)O)[nH]1.O=C(O)C(F)(F)F. The average molecular weight is 704 g/mol. The number of carbonyl (C=O) groups excluding carboxylic acids is 1. The molecule has 1 aromatic heterocycles. The van der Waals surface area contributed by atoms with E-state index in [-0.39, 0.29) is 32.8 Å². The number of H-pyrrole nitrogens is 1. The number of nitrogens with zero attached hydrogens (tertiary/aromatic N) is 3. The van der Waals surface area contributed by atoms with Gasteiger partial charge < -0.3 is 15.2 Å². The van der Waals surface area contributed by atoms with Crippen LogP contribution in [0.4, 0.5) is 27.9 Å². The summed E-state index contributed by atoms with van der Waals surface area (Å²) in [6.45, 7) is 5.83. The zero-order valence-corrected chi connectivity index (χ0v) is 26.6. The van der Waals surface area contributed by atoms with Crippen molar-refractivity contribution in [2.75, 3.05) is 12.4 Å². The Bertz CT molecular complexity index is 1720. The number of halogens is 7. The number of benzene rings is 2. The van der Waals surface area contributed by atoms with E-state index < -0.39 is 64.5 Å². The maximum atomic E-state index is 15.8. The van der Waals surface area contributed by atoms with Crippen LogP contribution in [0.2, 0.25) is 10.0 Å². The largest absolute Gasteiger partial charge is 0.490 e. The number of carboxylic acid groups (broad SMARTS) is 2. The highest BCUT2D eigenvalue weighted by Gasteiger charge is 2.64. The minimum Gasteiger partial charge on any atom is -0.477 e. The molecule has 2 heterocycles. The summed E-state index contributed by atoms with van der Waals surface area (Å²) in [6.07, 6.45) is -3.72. The number of likely N-dealkylation sites (tertiary alicyclic amines) is 1.